The normalized spacial score (nSPS) is 17.0. The third-order valence-electron chi connectivity index (χ3n) is 2.30. The Kier molecular flexibility index (Phi) is 2.86. The first-order valence-corrected chi connectivity index (χ1v) is 6.01. The molecule has 13 heavy (non-hydrogen) atoms. The Morgan fingerprint density at radius 1 is 1.69 bits per heavy atom. The summed E-state index contributed by atoms with van der Waals surface area (Å²) in [4.78, 5) is 3.97. The summed E-state index contributed by atoms with van der Waals surface area (Å²) in [7, 11) is 0. The number of fused-ring (bicyclic) bond motifs is 1. The van der Waals surface area contributed by atoms with Gasteiger partial charge < -0.3 is 0 Å². The smallest absolute Gasteiger partial charge is 0.0704 e. The molecule has 70 valence electrons. The molecule has 0 aliphatic carbocycles. The molecule has 2 heterocycles. The lowest BCUT2D eigenvalue weighted by molar-refractivity contribution is 0.284. The molecule has 2 rings (SSSR count). The van der Waals surface area contributed by atoms with Crippen molar-refractivity contribution in [3.63, 3.8) is 0 Å². The van der Waals surface area contributed by atoms with Crippen LogP contribution in [0.5, 0.6) is 0 Å². The van der Waals surface area contributed by atoms with Crippen molar-refractivity contribution in [1.29, 1.82) is 0 Å². The second-order valence-electron chi connectivity index (χ2n) is 3.27. The van der Waals surface area contributed by atoms with Crippen molar-refractivity contribution in [3.8, 4) is 0 Å². The zero-order valence-electron chi connectivity index (χ0n) is 7.42. The van der Waals surface area contributed by atoms with Gasteiger partial charge in [0.05, 0.1) is 3.79 Å². The number of hydrogen-bond donors (Lipinski definition) is 0. The molecular weight excluding hydrogens is 246 g/mol. The third-order valence-corrected chi connectivity index (χ3v) is 4.04. The lowest BCUT2D eigenvalue weighted by Gasteiger charge is -2.25. The average Bonchev–Trinajstić information content (AvgIpc) is 2.44. The lowest BCUT2D eigenvalue weighted by Crippen LogP contribution is -2.29. The Morgan fingerprint density at radius 3 is 3.31 bits per heavy atom. The number of hydrogen-bond acceptors (Lipinski definition) is 2. The maximum absolute atomic E-state index is 3.77. The van der Waals surface area contributed by atoms with Gasteiger partial charge in [-0.1, -0.05) is 6.08 Å². The zero-order valence-corrected chi connectivity index (χ0v) is 9.83. The van der Waals surface area contributed by atoms with Crippen LogP contribution in [0.25, 0.3) is 0 Å². The maximum atomic E-state index is 3.77. The topological polar surface area (TPSA) is 3.24 Å². The molecule has 1 aliphatic rings. The molecule has 0 aromatic carbocycles. The van der Waals surface area contributed by atoms with Gasteiger partial charge in [-0.2, -0.15) is 0 Å². The minimum Gasteiger partial charge on any atom is -0.295 e. The summed E-state index contributed by atoms with van der Waals surface area (Å²) >= 11 is 5.41. The van der Waals surface area contributed by atoms with E-state index in [0.717, 1.165) is 13.1 Å². The van der Waals surface area contributed by atoms with Crippen LogP contribution in [-0.4, -0.2) is 18.0 Å². The Balaban J connectivity index is 2.14. The Morgan fingerprint density at radius 2 is 2.54 bits per heavy atom. The van der Waals surface area contributed by atoms with Crippen LogP contribution in [0, 0.1) is 0 Å². The minimum atomic E-state index is 1.01. The fourth-order valence-electron chi connectivity index (χ4n) is 1.69. The van der Waals surface area contributed by atoms with Gasteiger partial charge in [-0.15, -0.1) is 17.9 Å². The van der Waals surface area contributed by atoms with Crippen molar-refractivity contribution in [2.24, 2.45) is 0 Å². The molecule has 1 aromatic rings. The molecule has 0 radical (unpaired) electrons. The summed E-state index contributed by atoms with van der Waals surface area (Å²) in [6.07, 6.45) is 3.17. The van der Waals surface area contributed by atoms with E-state index in [-0.39, 0.29) is 0 Å². The number of nitrogens with zero attached hydrogens (tertiary/aromatic N) is 1. The molecule has 1 aromatic heterocycles. The molecule has 1 nitrogen and oxygen atoms in total. The van der Waals surface area contributed by atoms with E-state index in [1.807, 2.05) is 17.4 Å². The standard InChI is InChI=1S/C10H12BrNS/c1-2-4-12-5-3-9-8(7-12)6-10(11)13-9/h2,6H,1,3-5,7H2. The molecule has 0 spiro atoms. The first kappa shape index (κ1) is 9.44. The molecule has 0 fully saturated rings. The highest BCUT2D eigenvalue weighted by Crippen LogP contribution is 2.31. The van der Waals surface area contributed by atoms with E-state index in [1.54, 1.807) is 4.88 Å². The van der Waals surface area contributed by atoms with E-state index in [9.17, 15) is 0 Å². The van der Waals surface area contributed by atoms with Crippen molar-refractivity contribution >= 4 is 27.3 Å². The first-order chi connectivity index (χ1) is 6.29. The van der Waals surface area contributed by atoms with Gasteiger partial charge in [-0.05, 0) is 34.0 Å². The third kappa shape index (κ3) is 2.03. The van der Waals surface area contributed by atoms with Crippen LogP contribution in [-0.2, 0) is 13.0 Å². The summed E-state index contributed by atoms with van der Waals surface area (Å²) < 4.78 is 1.26. The Hall–Kier alpha value is -0.120. The predicted octanol–water partition coefficient (Wildman–Crippen LogP) is 3.05. The molecule has 0 bridgehead atoms. The molecule has 0 amide bonds. The van der Waals surface area contributed by atoms with Crippen LogP contribution >= 0.6 is 27.3 Å². The van der Waals surface area contributed by atoms with Crippen molar-refractivity contribution in [2.45, 2.75) is 13.0 Å². The zero-order chi connectivity index (χ0) is 9.26. The predicted molar refractivity (Wildman–Crippen MR) is 61.2 cm³/mol. The molecular formula is C10H12BrNS. The van der Waals surface area contributed by atoms with E-state index >= 15 is 0 Å². The van der Waals surface area contributed by atoms with Crippen molar-refractivity contribution in [1.82, 2.24) is 4.90 Å². The second-order valence-corrected chi connectivity index (χ2v) is 5.79. The SMILES string of the molecule is C=CCN1CCc2sc(Br)cc2C1. The quantitative estimate of drug-likeness (QED) is 0.737. The summed E-state index contributed by atoms with van der Waals surface area (Å²) in [6, 6.07) is 2.25. The number of halogens is 1. The van der Waals surface area contributed by atoms with Crippen LogP contribution in [0.4, 0.5) is 0 Å². The average molecular weight is 258 g/mol. The monoisotopic (exact) mass is 257 g/mol. The maximum Gasteiger partial charge on any atom is 0.0704 e. The van der Waals surface area contributed by atoms with Crippen molar-refractivity contribution in [3.05, 3.63) is 32.9 Å². The number of thiophene rings is 1. The van der Waals surface area contributed by atoms with Crippen LogP contribution in [0.3, 0.4) is 0 Å². The summed E-state index contributed by atoms with van der Waals surface area (Å²) in [6.45, 7) is 7.03. The van der Waals surface area contributed by atoms with Gasteiger partial charge >= 0.3 is 0 Å². The Bertz CT molecular complexity index is 319. The highest BCUT2D eigenvalue weighted by Gasteiger charge is 2.17. The van der Waals surface area contributed by atoms with Gasteiger partial charge in [-0.3, -0.25) is 4.90 Å². The molecule has 0 N–H and O–H groups in total. The van der Waals surface area contributed by atoms with Gasteiger partial charge in [-0.25, -0.2) is 0 Å². The fourth-order valence-corrected chi connectivity index (χ4v) is 3.44. The minimum absolute atomic E-state index is 1.01. The molecule has 1 aliphatic heterocycles. The van der Waals surface area contributed by atoms with E-state index in [4.69, 9.17) is 0 Å². The van der Waals surface area contributed by atoms with Crippen LogP contribution in [0.15, 0.2) is 22.5 Å². The van der Waals surface area contributed by atoms with Gasteiger partial charge in [0.2, 0.25) is 0 Å². The van der Waals surface area contributed by atoms with E-state index < -0.39 is 0 Å². The van der Waals surface area contributed by atoms with Gasteiger partial charge in [0.25, 0.3) is 0 Å². The van der Waals surface area contributed by atoms with E-state index in [1.165, 1.54) is 22.3 Å². The van der Waals surface area contributed by atoms with Crippen molar-refractivity contribution in [2.75, 3.05) is 13.1 Å². The molecule has 0 atom stereocenters. The summed E-state index contributed by atoms with van der Waals surface area (Å²) in [5, 5.41) is 0. The Labute approximate surface area is 91.2 Å². The summed E-state index contributed by atoms with van der Waals surface area (Å²) in [5.41, 5.74) is 1.49. The molecule has 0 saturated heterocycles. The molecule has 0 unspecified atom stereocenters. The summed E-state index contributed by atoms with van der Waals surface area (Å²) in [5.74, 6) is 0. The lowest BCUT2D eigenvalue weighted by atomic mass is 10.1. The molecule has 3 heteroatoms. The first-order valence-electron chi connectivity index (χ1n) is 4.40. The highest BCUT2D eigenvalue weighted by molar-refractivity contribution is 9.11. The van der Waals surface area contributed by atoms with Crippen LogP contribution in [0.1, 0.15) is 10.4 Å². The fraction of sp³-hybridized carbons (Fsp3) is 0.400. The molecule has 0 saturated carbocycles. The van der Waals surface area contributed by atoms with Gasteiger partial charge in [0, 0.05) is 24.5 Å². The number of rotatable bonds is 2. The van der Waals surface area contributed by atoms with Gasteiger partial charge in [0.15, 0.2) is 0 Å². The van der Waals surface area contributed by atoms with Gasteiger partial charge in [0.1, 0.15) is 0 Å². The van der Waals surface area contributed by atoms with E-state index in [2.05, 4.69) is 33.5 Å². The van der Waals surface area contributed by atoms with Crippen molar-refractivity contribution < 1.29 is 0 Å². The van der Waals surface area contributed by atoms with Crippen LogP contribution < -0.4 is 0 Å². The second kappa shape index (κ2) is 3.95. The van der Waals surface area contributed by atoms with Crippen LogP contribution in [0.2, 0.25) is 0 Å². The largest absolute Gasteiger partial charge is 0.295 e. The van der Waals surface area contributed by atoms with E-state index in [0.29, 0.717) is 0 Å². The highest BCUT2D eigenvalue weighted by atomic mass is 79.9.